The van der Waals surface area contributed by atoms with E-state index in [1.165, 1.54) is 0 Å². The van der Waals surface area contributed by atoms with Crippen molar-refractivity contribution in [3.05, 3.63) is 15.9 Å². The normalized spacial score (nSPS) is 29.7. The van der Waals surface area contributed by atoms with E-state index in [0.29, 0.717) is 23.7 Å². The summed E-state index contributed by atoms with van der Waals surface area (Å²) in [5, 5.41) is 0.589. The van der Waals surface area contributed by atoms with Gasteiger partial charge in [-0.3, -0.25) is 0 Å². The molecule has 0 N–H and O–H groups in total. The Hall–Kier alpha value is -1.22. The first-order chi connectivity index (χ1) is 10.5. The number of piperidine rings is 1. The molecule has 7 nitrogen and oxygen atoms in total. The van der Waals surface area contributed by atoms with Gasteiger partial charge in [-0.1, -0.05) is 23.2 Å². The summed E-state index contributed by atoms with van der Waals surface area (Å²) >= 11 is 13.5. The lowest BCUT2D eigenvalue weighted by molar-refractivity contribution is -0.224. The molecule has 116 valence electrons. The van der Waals surface area contributed by atoms with E-state index in [1.807, 2.05) is 0 Å². The number of nitrogens with zero attached hydrogens (tertiary/aromatic N) is 3. The number of ether oxygens (including phenoxy) is 2. The van der Waals surface area contributed by atoms with Crippen LogP contribution in [0.3, 0.4) is 0 Å². The topological polar surface area (TPSA) is 81.6 Å². The van der Waals surface area contributed by atoms with Crippen LogP contribution in [0.2, 0.25) is 5.15 Å². The van der Waals surface area contributed by atoms with Crippen molar-refractivity contribution >= 4 is 52.4 Å². The molecule has 3 aliphatic heterocycles. The third kappa shape index (κ3) is 1.84. The van der Waals surface area contributed by atoms with Gasteiger partial charge in [0.1, 0.15) is 5.69 Å². The van der Waals surface area contributed by atoms with Crippen LogP contribution < -0.4 is 0 Å². The molecule has 2 saturated heterocycles. The molecule has 0 aliphatic carbocycles. The molecule has 0 aromatic carbocycles. The molecule has 0 saturated carbocycles. The van der Waals surface area contributed by atoms with E-state index < -0.39 is 17.8 Å². The summed E-state index contributed by atoms with van der Waals surface area (Å²) in [5.41, 5.74) is 0.596. The minimum absolute atomic E-state index is 0.0619. The fourth-order valence-electron chi connectivity index (χ4n) is 3.14. The summed E-state index contributed by atoms with van der Waals surface area (Å²) in [7, 11) is 0. The molecule has 3 aliphatic rings. The van der Waals surface area contributed by atoms with Crippen LogP contribution in [0.1, 0.15) is 18.5 Å². The fourth-order valence-corrected chi connectivity index (χ4v) is 4.27. The number of carbonyl (C=O) groups is 2. The van der Waals surface area contributed by atoms with E-state index in [9.17, 15) is 9.59 Å². The van der Waals surface area contributed by atoms with E-state index in [1.54, 1.807) is 4.90 Å². The maximum atomic E-state index is 11.7. The van der Waals surface area contributed by atoms with Crippen molar-refractivity contribution in [2.45, 2.75) is 18.8 Å². The summed E-state index contributed by atoms with van der Waals surface area (Å²) in [4.78, 5) is 25.1. The molecule has 1 spiro atoms. The Morgan fingerprint density at radius 1 is 1.23 bits per heavy atom. The van der Waals surface area contributed by atoms with Crippen LogP contribution >= 0.6 is 34.9 Å². The molecular formula is C12H9Cl2N3O4S. The number of hydrogen-bond acceptors (Lipinski definition) is 8. The lowest BCUT2D eigenvalue weighted by Crippen LogP contribution is -2.58. The van der Waals surface area contributed by atoms with E-state index in [0.717, 1.165) is 24.6 Å². The van der Waals surface area contributed by atoms with Gasteiger partial charge in [0.2, 0.25) is 0 Å². The van der Waals surface area contributed by atoms with Gasteiger partial charge in [0.15, 0.2) is 5.15 Å². The largest absolute Gasteiger partial charge is 0.422 e. The zero-order valence-corrected chi connectivity index (χ0v) is 13.4. The van der Waals surface area contributed by atoms with Crippen molar-refractivity contribution in [3.63, 3.8) is 0 Å². The number of halogens is 2. The third-order valence-corrected chi connectivity index (χ3v) is 5.45. The van der Waals surface area contributed by atoms with Gasteiger partial charge in [0.05, 0.1) is 17.3 Å². The average molecular weight is 362 g/mol. The van der Waals surface area contributed by atoms with Gasteiger partial charge in [0, 0.05) is 24.0 Å². The molecule has 4 heterocycles. The molecule has 1 aromatic heterocycles. The quantitative estimate of drug-likeness (QED) is 0.555. The lowest BCUT2D eigenvalue weighted by atomic mass is 9.87. The number of aromatic nitrogens is 2. The molecular weight excluding hydrogens is 353 g/mol. The van der Waals surface area contributed by atoms with Crippen LogP contribution in [-0.4, -0.2) is 44.6 Å². The van der Waals surface area contributed by atoms with Crippen LogP contribution in [0.5, 0.6) is 0 Å². The minimum atomic E-state index is -1.68. The summed E-state index contributed by atoms with van der Waals surface area (Å²) in [6, 6.07) is 0. The van der Waals surface area contributed by atoms with Gasteiger partial charge in [-0.15, -0.1) is 0 Å². The highest BCUT2D eigenvalue weighted by Gasteiger charge is 2.61. The van der Waals surface area contributed by atoms with Crippen molar-refractivity contribution in [1.29, 1.82) is 0 Å². The molecule has 2 unspecified atom stereocenters. The molecule has 2 bridgehead atoms. The van der Waals surface area contributed by atoms with Gasteiger partial charge < -0.3 is 9.47 Å². The zero-order chi connectivity index (χ0) is 15.5. The third-order valence-electron chi connectivity index (χ3n) is 4.06. The second-order valence-electron chi connectivity index (χ2n) is 5.27. The molecule has 2 atom stereocenters. The Bertz CT molecular complexity index is 703. The summed E-state index contributed by atoms with van der Waals surface area (Å²) < 4.78 is 18.7. The Kier molecular flexibility index (Phi) is 3.19. The first-order valence-electron chi connectivity index (χ1n) is 6.63. The fraction of sp³-hybridized carbons (Fsp3) is 0.500. The number of hydrogen-bond donors (Lipinski definition) is 0. The second kappa shape index (κ2) is 4.89. The first-order valence-corrected chi connectivity index (χ1v) is 8.11. The van der Waals surface area contributed by atoms with Crippen LogP contribution in [0.25, 0.3) is 5.57 Å². The Morgan fingerprint density at radius 2 is 1.95 bits per heavy atom. The van der Waals surface area contributed by atoms with Gasteiger partial charge in [-0.2, -0.15) is 8.75 Å². The maximum absolute atomic E-state index is 11.7. The predicted octanol–water partition coefficient (Wildman–Crippen LogP) is 1.62. The van der Waals surface area contributed by atoms with Crippen molar-refractivity contribution in [1.82, 2.24) is 13.6 Å². The lowest BCUT2D eigenvalue weighted by Gasteiger charge is -2.46. The van der Waals surface area contributed by atoms with Gasteiger partial charge in [0.25, 0.3) is 0 Å². The Balaban J connectivity index is 1.95. The van der Waals surface area contributed by atoms with Crippen molar-refractivity contribution in [2.24, 2.45) is 5.92 Å². The highest BCUT2D eigenvalue weighted by Crippen LogP contribution is 2.50. The molecule has 22 heavy (non-hydrogen) atoms. The monoisotopic (exact) mass is 361 g/mol. The SMILES string of the molecule is O=C1OC2(OC1=O)C(c1nsnc1Cl)=C(Cl)C1CCCN2C1. The predicted molar refractivity (Wildman–Crippen MR) is 76.9 cm³/mol. The van der Waals surface area contributed by atoms with Gasteiger partial charge in [-0.25, -0.2) is 14.5 Å². The molecule has 4 rings (SSSR count). The van der Waals surface area contributed by atoms with Gasteiger partial charge >= 0.3 is 17.8 Å². The number of rotatable bonds is 1. The standard InChI is InChI=1S/C12H9Cl2N3O4S/c13-7-5-2-1-3-17(4-5)12(20-10(18)11(19)21-12)6(7)8-9(14)16-22-15-8/h5H,1-4H2. The van der Waals surface area contributed by atoms with E-state index >= 15 is 0 Å². The Labute approximate surface area is 139 Å². The molecule has 2 fully saturated rings. The maximum Gasteiger partial charge on any atom is 0.422 e. The zero-order valence-electron chi connectivity index (χ0n) is 11.0. The van der Waals surface area contributed by atoms with Crippen LogP contribution in [-0.2, 0) is 19.1 Å². The summed E-state index contributed by atoms with van der Waals surface area (Å²) in [6.45, 7) is 1.15. The van der Waals surface area contributed by atoms with Crippen molar-refractivity contribution in [3.8, 4) is 0 Å². The summed E-state index contributed by atoms with van der Waals surface area (Å²) in [5.74, 6) is -3.72. The van der Waals surface area contributed by atoms with Crippen LogP contribution in [0, 0.1) is 5.92 Å². The number of fused-ring (bicyclic) bond motifs is 3. The van der Waals surface area contributed by atoms with E-state index in [4.69, 9.17) is 32.7 Å². The molecule has 0 radical (unpaired) electrons. The highest BCUT2D eigenvalue weighted by atomic mass is 35.5. The number of carbonyl (C=O) groups excluding carboxylic acids is 2. The van der Waals surface area contributed by atoms with E-state index in [2.05, 4.69) is 8.75 Å². The van der Waals surface area contributed by atoms with Gasteiger partial charge in [-0.05, 0) is 12.8 Å². The average Bonchev–Trinajstić information content (AvgIpc) is 3.04. The highest BCUT2D eigenvalue weighted by molar-refractivity contribution is 6.99. The van der Waals surface area contributed by atoms with Crippen molar-refractivity contribution in [2.75, 3.05) is 13.1 Å². The Morgan fingerprint density at radius 3 is 2.59 bits per heavy atom. The summed E-state index contributed by atoms with van der Waals surface area (Å²) in [6.07, 6.45) is 1.75. The second-order valence-corrected chi connectivity index (χ2v) is 6.57. The van der Waals surface area contributed by atoms with Crippen molar-refractivity contribution < 1.29 is 19.1 Å². The van der Waals surface area contributed by atoms with Crippen LogP contribution in [0.4, 0.5) is 0 Å². The van der Waals surface area contributed by atoms with E-state index in [-0.39, 0.29) is 16.8 Å². The minimum Gasteiger partial charge on any atom is -0.395 e. The molecule has 10 heteroatoms. The molecule has 0 amide bonds. The van der Waals surface area contributed by atoms with Crippen LogP contribution in [0.15, 0.2) is 5.03 Å². The molecule has 1 aromatic rings. The smallest absolute Gasteiger partial charge is 0.395 e. The number of esters is 2. The first kappa shape index (κ1) is 14.4.